The topological polar surface area (TPSA) is 29.3 Å². The molecule has 1 saturated carbocycles. The van der Waals surface area contributed by atoms with Gasteiger partial charge in [-0.2, -0.15) is 0 Å². The molecular weight excluding hydrogens is 232 g/mol. The van der Waals surface area contributed by atoms with E-state index in [0.29, 0.717) is 10.8 Å². The summed E-state index contributed by atoms with van der Waals surface area (Å²) in [4.78, 5) is 2.57. The predicted molar refractivity (Wildman–Crippen MR) is 85.3 cm³/mol. The zero-order valence-electron chi connectivity index (χ0n) is 14.3. The molecule has 0 heterocycles. The lowest BCUT2D eigenvalue weighted by Gasteiger charge is -2.55. The van der Waals surface area contributed by atoms with E-state index in [1.165, 1.54) is 32.2 Å². The molecule has 114 valence electrons. The molecule has 0 saturated heterocycles. The average Bonchev–Trinajstić information content (AvgIpc) is 2.21. The summed E-state index contributed by atoms with van der Waals surface area (Å²) < 4.78 is 0. The summed E-state index contributed by atoms with van der Waals surface area (Å²) in [6, 6.07) is 0. The molecule has 1 aliphatic rings. The van der Waals surface area contributed by atoms with Crippen LogP contribution in [-0.4, -0.2) is 30.6 Å². The van der Waals surface area contributed by atoms with Crippen LogP contribution in [0.25, 0.3) is 0 Å². The fraction of sp³-hybridized carbons (Fsp3) is 1.00. The Morgan fingerprint density at radius 1 is 1.00 bits per heavy atom. The minimum Gasteiger partial charge on any atom is -0.329 e. The van der Waals surface area contributed by atoms with Crippen molar-refractivity contribution in [3.8, 4) is 0 Å². The third-order valence-electron chi connectivity index (χ3n) is 4.80. The van der Waals surface area contributed by atoms with Crippen LogP contribution >= 0.6 is 0 Å². The van der Waals surface area contributed by atoms with Gasteiger partial charge in [0.2, 0.25) is 0 Å². The Kier molecular flexibility index (Phi) is 5.12. The molecule has 1 fully saturated rings. The van der Waals surface area contributed by atoms with Gasteiger partial charge in [-0.15, -0.1) is 0 Å². The zero-order chi connectivity index (χ0) is 14.9. The van der Waals surface area contributed by atoms with Gasteiger partial charge in [0, 0.05) is 12.1 Å². The first-order valence-corrected chi connectivity index (χ1v) is 7.93. The van der Waals surface area contributed by atoms with Crippen LogP contribution in [0, 0.1) is 16.7 Å². The first-order valence-electron chi connectivity index (χ1n) is 7.93. The van der Waals surface area contributed by atoms with E-state index < -0.39 is 0 Å². The monoisotopic (exact) mass is 268 g/mol. The van der Waals surface area contributed by atoms with Crippen molar-refractivity contribution >= 4 is 0 Å². The Hall–Kier alpha value is -0.0800. The SMILES string of the molecule is CC(C)CCN(C)C1(CN)CC(C)(C)CC(C)(C)C1. The summed E-state index contributed by atoms with van der Waals surface area (Å²) in [5.41, 5.74) is 7.23. The Labute approximate surface area is 121 Å². The minimum atomic E-state index is 0.195. The highest BCUT2D eigenvalue weighted by Gasteiger charge is 2.48. The summed E-state index contributed by atoms with van der Waals surface area (Å²) in [5, 5.41) is 0. The number of nitrogens with two attached hydrogens (primary N) is 1. The highest BCUT2D eigenvalue weighted by Crippen LogP contribution is 2.51. The maximum Gasteiger partial charge on any atom is 0.0338 e. The fourth-order valence-electron chi connectivity index (χ4n) is 4.52. The molecule has 0 aliphatic heterocycles. The van der Waals surface area contributed by atoms with E-state index in [1.54, 1.807) is 0 Å². The van der Waals surface area contributed by atoms with E-state index in [-0.39, 0.29) is 5.54 Å². The van der Waals surface area contributed by atoms with Crippen molar-refractivity contribution in [2.24, 2.45) is 22.5 Å². The van der Waals surface area contributed by atoms with Crippen molar-refractivity contribution < 1.29 is 0 Å². The first kappa shape index (κ1) is 17.0. The second-order valence-electron chi connectivity index (χ2n) is 8.89. The van der Waals surface area contributed by atoms with Crippen LogP contribution in [0.3, 0.4) is 0 Å². The van der Waals surface area contributed by atoms with Gasteiger partial charge in [-0.25, -0.2) is 0 Å². The highest BCUT2D eigenvalue weighted by atomic mass is 15.2. The summed E-state index contributed by atoms with van der Waals surface area (Å²) in [6.07, 6.45) is 5.03. The molecule has 1 aliphatic carbocycles. The van der Waals surface area contributed by atoms with E-state index in [9.17, 15) is 0 Å². The Morgan fingerprint density at radius 2 is 1.47 bits per heavy atom. The van der Waals surface area contributed by atoms with E-state index in [1.807, 2.05) is 0 Å². The van der Waals surface area contributed by atoms with Gasteiger partial charge in [-0.1, -0.05) is 41.5 Å². The summed E-state index contributed by atoms with van der Waals surface area (Å²) in [6.45, 7) is 16.2. The van der Waals surface area contributed by atoms with E-state index >= 15 is 0 Å². The lowest BCUT2D eigenvalue weighted by Crippen LogP contribution is -2.59. The Morgan fingerprint density at radius 3 is 1.84 bits per heavy atom. The largest absolute Gasteiger partial charge is 0.329 e. The molecule has 0 aromatic heterocycles. The predicted octanol–water partition coefficient (Wildman–Crippen LogP) is 3.90. The molecule has 0 atom stereocenters. The van der Waals surface area contributed by atoms with E-state index in [4.69, 9.17) is 5.73 Å². The Bertz CT molecular complexity index is 276. The molecule has 0 radical (unpaired) electrons. The fourth-order valence-corrected chi connectivity index (χ4v) is 4.52. The molecule has 2 N–H and O–H groups in total. The normalized spacial score (nSPS) is 24.9. The standard InChI is InChI=1S/C17H36N2/c1-14(2)8-9-19(7)17(13-18)11-15(3,4)10-16(5,6)12-17/h14H,8-13,18H2,1-7H3. The van der Waals surface area contributed by atoms with Gasteiger partial charge in [-0.05, 0) is 56.0 Å². The number of hydrogen-bond donors (Lipinski definition) is 1. The van der Waals surface area contributed by atoms with Crippen molar-refractivity contribution in [1.82, 2.24) is 4.90 Å². The number of hydrogen-bond acceptors (Lipinski definition) is 2. The first-order chi connectivity index (χ1) is 8.52. The number of nitrogens with zero attached hydrogens (tertiary/aromatic N) is 1. The van der Waals surface area contributed by atoms with Crippen LogP contribution in [0.4, 0.5) is 0 Å². The summed E-state index contributed by atoms with van der Waals surface area (Å²) in [7, 11) is 2.28. The molecule has 0 amide bonds. The molecule has 2 nitrogen and oxygen atoms in total. The maximum absolute atomic E-state index is 6.25. The van der Waals surface area contributed by atoms with Gasteiger partial charge in [0.1, 0.15) is 0 Å². The Balaban J connectivity index is 2.88. The molecule has 1 rings (SSSR count). The van der Waals surface area contributed by atoms with Crippen LogP contribution in [0.2, 0.25) is 0 Å². The molecule has 2 heteroatoms. The lowest BCUT2D eigenvalue weighted by molar-refractivity contribution is -0.0333. The van der Waals surface area contributed by atoms with Crippen molar-refractivity contribution in [3.63, 3.8) is 0 Å². The van der Waals surface area contributed by atoms with Gasteiger partial charge < -0.3 is 5.73 Å². The second-order valence-corrected chi connectivity index (χ2v) is 8.89. The van der Waals surface area contributed by atoms with Crippen LogP contribution in [0.15, 0.2) is 0 Å². The van der Waals surface area contributed by atoms with Crippen LogP contribution in [0.1, 0.15) is 67.2 Å². The molecule has 19 heavy (non-hydrogen) atoms. The van der Waals surface area contributed by atoms with Crippen LogP contribution in [0.5, 0.6) is 0 Å². The van der Waals surface area contributed by atoms with Crippen molar-refractivity contribution in [1.29, 1.82) is 0 Å². The van der Waals surface area contributed by atoms with Crippen molar-refractivity contribution in [2.75, 3.05) is 20.1 Å². The maximum atomic E-state index is 6.25. The number of likely N-dealkylation sites (N-methyl/N-ethyl adjacent to an activating group) is 1. The van der Waals surface area contributed by atoms with Crippen molar-refractivity contribution in [2.45, 2.75) is 72.8 Å². The van der Waals surface area contributed by atoms with Gasteiger partial charge in [-0.3, -0.25) is 4.90 Å². The summed E-state index contributed by atoms with van der Waals surface area (Å²) >= 11 is 0. The van der Waals surface area contributed by atoms with Crippen molar-refractivity contribution in [3.05, 3.63) is 0 Å². The van der Waals surface area contributed by atoms with Gasteiger partial charge in [0.15, 0.2) is 0 Å². The van der Waals surface area contributed by atoms with Gasteiger partial charge in [0.25, 0.3) is 0 Å². The third kappa shape index (κ3) is 4.46. The summed E-state index contributed by atoms with van der Waals surface area (Å²) in [5.74, 6) is 0.766. The van der Waals surface area contributed by atoms with Crippen LogP contribution in [-0.2, 0) is 0 Å². The van der Waals surface area contributed by atoms with Gasteiger partial charge in [0.05, 0.1) is 0 Å². The molecule has 0 aromatic carbocycles. The van der Waals surface area contributed by atoms with Gasteiger partial charge >= 0.3 is 0 Å². The smallest absolute Gasteiger partial charge is 0.0338 e. The molecule has 0 spiro atoms. The number of rotatable bonds is 5. The molecule has 0 unspecified atom stereocenters. The molecule has 0 aromatic rings. The third-order valence-corrected chi connectivity index (χ3v) is 4.80. The average molecular weight is 268 g/mol. The minimum absolute atomic E-state index is 0.195. The quantitative estimate of drug-likeness (QED) is 0.819. The zero-order valence-corrected chi connectivity index (χ0v) is 14.3. The highest BCUT2D eigenvalue weighted by molar-refractivity contribution is 5.03. The van der Waals surface area contributed by atoms with Crippen LogP contribution < -0.4 is 5.73 Å². The molecular formula is C17H36N2. The van der Waals surface area contributed by atoms with E-state index in [2.05, 4.69) is 53.5 Å². The van der Waals surface area contributed by atoms with E-state index in [0.717, 1.165) is 12.5 Å². The molecule has 0 bridgehead atoms. The second kappa shape index (κ2) is 5.73. The lowest BCUT2D eigenvalue weighted by atomic mass is 9.58.